The largest absolute Gasteiger partial charge is 0.385 e. The minimum atomic E-state index is 0.951. The second-order valence-corrected chi connectivity index (χ2v) is 5.09. The van der Waals surface area contributed by atoms with Gasteiger partial charge in [-0.3, -0.25) is 0 Å². The molecule has 2 aromatic rings. The fourth-order valence-electron chi connectivity index (χ4n) is 2.29. The molecule has 2 N–H and O–H groups in total. The third-order valence-corrected chi connectivity index (χ3v) is 3.40. The van der Waals surface area contributed by atoms with E-state index in [1.165, 1.54) is 28.1 Å². The highest BCUT2D eigenvalue weighted by Crippen LogP contribution is 2.20. The topological polar surface area (TPSA) is 24.1 Å². The van der Waals surface area contributed by atoms with Gasteiger partial charge in [-0.1, -0.05) is 30.3 Å². The monoisotopic (exact) mass is 280 g/mol. The summed E-state index contributed by atoms with van der Waals surface area (Å²) in [6.45, 7) is 8.27. The average molecular weight is 280 g/mol. The van der Waals surface area contributed by atoms with Crippen LogP contribution in [0.15, 0.2) is 48.5 Å². The van der Waals surface area contributed by atoms with E-state index >= 15 is 0 Å². The standard InChI is InChI=1S/C19H24N2/c1-4-20-18-10-6-16(7-11-18)14-15(3)17-8-12-19(13-9-17)21-5-2/h6-14,20-21H,4-5H2,1-3H3. The van der Waals surface area contributed by atoms with Crippen LogP contribution < -0.4 is 10.6 Å². The first-order valence-electron chi connectivity index (χ1n) is 7.59. The number of nitrogens with one attached hydrogen (secondary N) is 2. The van der Waals surface area contributed by atoms with Gasteiger partial charge in [-0.05, 0) is 61.7 Å². The van der Waals surface area contributed by atoms with E-state index in [9.17, 15) is 0 Å². The predicted molar refractivity (Wildman–Crippen MR) is 94.8 cm³/mol. The molecule has 0 aliphatic carbocycles. The third kappa shape index (κ3) is 4.38. The Morgan fingerprint density at radius 1 is 0.810 bits per heavy atom. The molecule has 0 aliphatic heterocycles. The molecule has 0 fully saturated rings. The minimum Gasteiger partial charge on any atom is -0.385 e. The maximum Gasteiger partial charge on any atom is 0.0340 e. The molecule has 0 heterocycles. The highest BCUT2D eigenvalue weighted by Gasteiger charge is 1.98. The lowest BCUT2D eigenvalue weighted by molar-refractivity contribution is 1.21. The van der Waals surface area contributed by atoms with Crippen LogP contribution in [0.3, 0.4) is 0 Å². The van der Waals surface area contributed by atoms with Crippen LogP contribution in [0.5, 0.6) is 0 Å². The number of allylic oxidation sites excluding steroid dienone is 1. The van der Waals surface area contributed by atoms with Gasteiger partial charge in [0.1, 0.15) is 0 Å². The van der Waals surface area contributed by atoms with Crippen molar-refractivity contribution in [3.05, 3.63) is 59.7 Å². The van der Waals surface area contributed by atoms with E-state index in [-0.39, 0.29) is 0 Å². The van der Waals surface area contributed by atoms with Gasteiger partial charge in [-0.25, -0.2) is 0 Å². The Kier molecular flexibility index (Phi) is 5.44. The van der Waals surface area contributed by atoms with Gasteiger partial charge in [0.15, 0.2) is 0 Å². The molecule has 0 aliphatic rings. The van der Waals surface area contributed by atoms with Crippen LogP contribution >= 0.6 is 0 Å². The molecule has 0 atom stereocenters. The zero-order valence-electron chi connectivity index (χ0n) is 13.1. The molecule has 0 bridgehead atoms. The van der Waals surface area contributed by atoms with Gasteiger partial charge in [-0.2, -0.15) is 0 Å². The van der Waals surface area contributed by atoms with Crippen LogP contribution in [-0.4, -0.2) is 13.1 Å². The van der Waals surface area contributed by atoms with E-state index < -0.39 is 0 Å². The molecular formula is C19H24N2. The summed E-state index contributed by atoms with van der Waals surface area (Å²) in [4.78, 5) is 0. The Balaban J connectivity index is 2.12. The summed E-state index contributed by atoms with van der Waals surface area (Å²) in [5.41, 5.74) is 6.10. The molecule has 0 amide bonds. The molecule has 0 spiro atoms. The van der Waals surface area contributed by atoms with E-state index in [0.29, 0.717) is 0 Å². The van der Waals surface area contributed by atoms with Crippen molar-refractivity contribution in [2.24, 2.45) is 0 Å². The summed E-state index contributed by atoms with van der Waals surface area (Å²) >= 11 is 0. The maximum absolute atomic E-state index is 3.32. The Labute approximate surface area is 127 Å². The molecule has 21 heavy (non-hydrogen) atoms. The van der Waals surface area contributed by atoms with E-state index in [1.807, 2.05) is 0 Å². The normalized spacial score (nSPS) is 11.3. The number of hydrogen-bond acceptors (Lipinski definition) is 2. The van der Waals surface area contributed by atoms with Gasteiger partial charge in [0.25, 0.3) is 0 Å². The lowest BCUT2D eigenvalue weighted by Crippen LogP contribution is -1.96. The number of rotatable bonds is 6. The van der Waals surface area contributed by atoms with Crippen molar-refractivity contribution in [3.8, 4) is 0 Å². The van der Waals surface area contributed by atoms with Crippen LogP contribution in [0.4, 0.5) is 11.4 Å². The molecule has 0 unspecified atom stereocenters. The summed E-state index contributed by atoms with van der Waals surface area (Å²) in [5.74, 6) is 0. The molecule has 110 valence electrons. The number of hydrogen-bond donors (Lipinski definition) is 2. The van der Waals surface area contributed by atoms with Crippen LogP contribution in [0.2, 0.25) is 0 Å². The van der Waals surface area contributed by atoms with Crippen molar-refractivity contribution < 1.29 is 0 Å². The fourth-order valence-corrected chi connectivity index (χ4v) is 2.29. The molecule has 2 aromatic carbocycles. The molecule has 0 aromatic heterocycles. The number of benzene rings is 2. The Morgan fingerprint density at radius 2 is 1.29 bits per heavy atom. The highest BCUT2D eigenvalue weighted by molar-refractivity contribution is 5.81. The summed E-state index contributed by atoms with van der Waals surface area (Å²) in [7, 11) is 0. The van der Waals surface area contributed by atoms with E-state index in [2.05, 4.69) is 86.0 Å². The highest BCUT2D eigenvalue weighted by atomic mass is 14.8. The van der Waals surface area contributed by atoms with Crippen molar-refractivity contribution in [2.45, 2.75) is 20.8 Å². The number of anilines is 2. The first-order chi connectivity index (χ1) is 10.2. The summed E-state index contributed by atoms with van der Waals surface area (Å²) < 4.78 is 0. The second-order valence-electron chi connectivity index (χ2n) is 5.09. The Morgan fingerprint density at radius 3 is 1.76 bits per heavy atom. The molecular weight excluding hydrogens is 256 g/mol. The van der Waals surface area contributed by atoms with Gasteiger partial charge in [0.05, 0.1) is 0 Å². The van der Waals surface area contributed by atoms with Crippen molar-refractivity contribution >= 4 is 23.0 Å². The fraction of sp³-hybridized carbons (Fsp3) is 0.263. The van der Waals surface area contributed by atoms with Gasteiger partial charge in [-0.15, -0.1) is 0 Å². The summed E-state index contributed by atoms with van der Waals surface area (Å²) in [5, 5.41) is 6.63. The molecule has 0 radical (unpaired) electrons. The van der Waals surface area contributed by atoms with Gasteiger partial charge >= 0.3 is 0 Å². The third-order valence-electron chi connectivity index (χ3n) is 3.40. The summed E-state index contributed by atoms with van der Waals surface area (Å²) in [6, 6.07) is 17.1. The predicted octanol–water partition coefficient (Wildman–Crippen LogP) is 5.11. The lowest BCUT2D eigenvalue weighted by Gasteiger charge is -2.07. The average Bonchev–Trinajstić information content (AvgIpc) is 2.50. The first kappa shape index (κ1) is 15.2. The SMILES string of the molecule is CCNc1ccc(C=C(C)c2ccc(NCC)cc2)cc1. The van der Waals surface area contributed by atoms with E-state index in [0.717, 1.165) is 13.1 Å². The second kappa shape index (κ2) is 7.53. The Bertz CT molecular complexity index is 580. The minimum absolute atomic E-state index is 0.951. The van der Waals surface area contributed by atoms with Crippen molar-refractivity contribution in [1.82, 2.24) is 0 Å². The van der Waals surface area contributed by atoms with Crippen molar-refractivity contribution in [1.29, 1.82) is 0 Å². The molecule has 0 saturated carbocycles. The molecule has 2 rings (SSSR count). The lowest BCUT2D eigenvalue weighted by atomic mass is 10.0. The van der Waals surface area contributed by atoms with Crippen LogP contribution in [0.1, 0.15) is 31.9 Å². The smallest absolute Gasteiger partial charge is 0.0340 e. The molecule has 2 heteroatoms. The van der Waals surface area contributed by atoms with Crippen LogP contribution in [0, 0.1) is 0 Å². The van der Waals surface area contributed by atoms with Crippen LogP contribution in [-0.2, 0) is 0 Å². The van der Waals surface area contributed by atoms with E-state index in [1.54, 1.807) is 0 Å². The zero-order valence-corrected chi connectivity index (χ0v) is 13.1. The zero-order chi connectivity index (χ0) is 15.1. The Hall–Kier alpha value is -2.22. The molecule has 2 nitrogen and oxygen atoms in total. The van der Waals surface area contributed by atoms with E-state index in [4.69, 9.17) is 0 Å². The first-order valence-corrected chi connectivity index (χ1v) is 7.59. The maximum atomic E-state index is 3.32. The molecule has 0 saturated heterocycles. The van der Waals surface area contributed by atoms with Gasteiger partial charge in [0.2, 0.25) is 0 Å². The van der Waals surface area contributed by atoms with Crippen molar-refractivity contribution in [3.63, 3.8) is 0 Å². The van der Waals surface area contributed by atoms with Gasteiger partial charge in [0, 0.05) is 24.5 Å². The van der Waals surface area contributed by atoms with Gasteiger partial charge < -0.3 is 10.6 Å². The van der Waals surface area contributed by atoms with Crippen molar-refractivity contribution in [2.75, 3.05) is 23.7 Å². The quantitative estimate of drug-likeness (QED) is 0.718. The van der Waals surface area contributed by atoms with Crippen LogP contribution in [0.25, 0.3) is 11.6 Å². The summed E-state index contributed by atoms with van der Waals surface area (Å²) in [6.07, 6.45) is 2.22.